The van der Waals surface area contributed by atoms with E-state index in [4.69, 9.17) is 52.1 Å². The maximum absolute atomic E-state index is 12.2. The minimum Gasteiger partial charge on any atom is -0.394 e. The number of rotatable bonds is 13. The molecular formula is C59H98O28. The average molecular weight is 1260 g/mol. The summed E-state index contributed by atoms with van der Waals surface area (Å²) in [7, 11) is 0. The van der Waals surface area contributed by atoms with E-state index in [0.29, 0.717) is 25.7 Å². The van der Waals surface area contributed by atoms with Gasteiger partial charge in [-0.25, -0.2) is 0 Å². The van der Waals surface area contributed by atoms with Crippen LogP contribution in [0.4, 0.5) is 0 Å². The minimum atomic E-state index is -1.87. The lowest BCUT2D eigenvalue weighted by Crippen LogP contribution is -2.66. The SMILES string of the molecule is CC(C)(O)C1CCC(C2CCC3(C)C4CC=C5C(CCC(OC6OC(COC7OC(CO)C(O)C(O)C7O)C(O)C(O)C6O)C5(C)C)C4(C)CCC23C)OC2C(O)C(CO)OC(OC3C(OC(COC4OC(CO)C(O)C(O)C4O)C(O)C3O)O1)C2O. The maximum Gasteiger partial charge on any atom is 0.187 e. The zero-order valence-electron chi connectivity index (χ0n) is 50.5. The topological polar surface area (TPSA) is 445 Å². The van der Waals surface area contributed by atoms with Crippen molar-refractivity contribution >= 4 is 0 Å². The third kappa shape index (κ3) is 12.2. The first-order valence-corrected chi connectivity index (χ1v) is 31.1. The molecule has 6 aliphatic heterocycles. The standard InChI is InChI=1S/C59H98O28/c1-55(2)23-8-11-32-57(5,24(23)9-12-33(55)85-52-46(74)42(70)37(65)30(83-52)21-77-50-44(72)40(68)35(63)27(18-60)80-50)16-17-58(6)25(14-15-59(32,58)7)26-10-13-34(56(3,4)76)86-54-49(87-53-47(75)48(79-26)39(67)29(20-62)82-53)43(71)38(66)31(84-54)22-78-51-45(73)41(69)36(64)28(19-61)81-51/h8,24-54,60-76H,9-22H2,1-7H3. The van der Waals surface area contributed by atoms with Crippen LogP contribution in [0.1, 0.15) is 106 Å². The van der Waals surface area contributed by atoms with Crippen molar-refractivity contribution in [1.82, 2.24) is 0 Å². The largest absolute Gasteiger partial charge is 0.394 e. The molecule has 3 saturated carbocycles. The van der Waals surface area contributed by atoms with Crippen LogP contribution in [-0.4, -0.2) is 297 Å². The van der Waals surface area contributed by atoms with Crippen molar-refractivity contribution < 1.29 is 139 Å². The van der Waals surface area contributed by atoms with Crippen LogP contribution in [0, 0.1) is 39.4 Å². The molecule has 6 heterocycles. The van der Waals surface area contributed by atoms with Crippen LogP contribution in [0.15, 0.2) is 11.6 Å². The molecule has 0 aromatic carbocycles. The molecule has 17 N–H and O–H groups in total. The monoisotopic (exact) mass is 1250 g/mol. The average Bonchev–Trinajstić information content (AvgIpc) is 1.68. The summed E-state index contributed by atoms with van der Waals surface area (Å²) in [6.45, 7) is 11.0. The lowest BCUT2D eigenvalue weighted by atomic mass is 9.39. The molecule has 0 spiro atoms. The number of fused-ring (bicyclic) bond motifs is 8. The quantitative estimate of drug-likeness (QED) is 0.0772. The minimum absolute atomic E-state index is 0.101. The highest BCUT2D eigenvalue weighted by atomic mass is 16.8. The second-order valence-corrected chi connectivity index (χ2v) is 28.3. The van der Waals surface area contributed by atoms with Gasteiger partial charge in [-0.05, 0) is 106 Å². The van der Waals surface area contributed by atoms with Crippen LogP contribution in [0.25, 0.3) is 0 Å². The molecule has 28 heteroatoms. The fourth-order valence-electron chi connectivity index (χ4n) is 17.1. The Morgan fingerprint density at radius 3 is 1.56 bits per heavy atom. The molecule has 10 aliphatic rings. The van der Waals surface area contributed by atoms with E-state index in [1.807, 2.05) is 0 Å². The van der Waals surface area contributed by atoms with Gasteiger partial charge in [0, 0.05) is 5.41 Å². The van der Waals surface area contributed by atoms with Gasteiger partial charge in [-0.2, -0.15) is 0 Å². The Morgan fingerprint density at radius 2 is 0.989 bits per heavy atom. The van der Waals surface area contributed by atoms with E-state index < -0.39 is 221 Å². The van der Waals surface area contributed by atoms with E-state index >= 15 is 0 Å². The number of aliphatic hydroxyl groups excluding tert-OH is 16. The highest BCUT2D eigenvalue weighted by Gasteiger charge is 2.69. The smallest absolute Gasteiger partial charge is 0.187 e. The summed E-state index contributed by atoms with van der Waals surface area (Å²) in [4.78, 5) is 0. The van der Waals surface area contributed by atoms with Gasteiger partial charge < -0.3 is 139 Å². The number of allylic oxidation sites excluding steroid dienone is 1. The van der Waals surface area contributed by atoms with E-state index in [-0.39, 0.29) is 41.4 Å². The lowest BCUT2D eigenvalue weighted by molar-refractivity contribution is -0.386. The molecule has 0 aromatic heterocycles. The molecular weight excluding hydrogens is 1160 g/mol. The Balaban J connectivity index is 0.865. The fourth-order valence-corrected chi connectivity index (χ4v) is 17.1. The van der Waals surface area contributed by atoms with Gasteiger partial charge in [0.25, 0.3) is 0 Å². The van der Waals surface area contributed by atoms with Gasteiger partial charge >= 0.3 is 0 Å². The first-order chi connectivity index (χ1) is 40.9. The van der Waals surface area contributed by atoms with Crippen LogP contribution in [-0.2, 0) is 52.1 Å². The second-order valence-electron chi connectivity index (χ2n) is 28.3. The van der Waals surface area contributed by atoms with E-state index in [1.54, 1.807) is 0 Å². The van der Waals surface area contributed by atoms with Gasteiger partial charge in [-0.15, -0.1) is 0 Å². The third-order valence-corrected chi connectivity index (χ3v) is 22.7. The van der Waals surface area contributed by atoms with Crippen molar-refractivity contribution in [3.8, 4) is 0 Å². The van der Waals surface area contributed by atoms with E-state index in [9.17, 15) is 86.8 Å². The molecule has 6 saturated heterocycles. The highest BCUT2D eigenvalue weighted by Crippen LogP contribution is 2.75. The molecule has 34 unspecified atom stereocenters. The Labute approximate surface area is 505 Å². The molecule has 502 valence electrons. The Morgan fingerprint density at radius 1 is 0.471 bits per heavy atom. The molecule has 2 bridgehead atoms. The molecule has 0 amide bonds. The van der Waals surface area contributed by atoms with Crippen molar-refractivity contribution in [2.75, 3.05) is 33.0 Å². The van der Waals surface area contributed by atoms with Gasteiger partial charge in [0.05, 0.1) is 56.9 Å². The van der Waals surface area contributed by atoms with Gasteiger partial charge in [-0.3, -0.25) is 0 Å². The predicted octanol–water partition coefficient (Wildman–Crippen LogP) is -4.61. The van der Waals surface area contributed by atoms with Crippen molar-refractivity contribution in [3.63, 3.8) is 0 Å². The second kappa shape index (κ2) is 26.1. The normalized spacial score (nSPS) is 54.0. The van der Waals surface area contributed by atoms with Crippen LogP contribution >= 0.6 is 0 Å². The Hall–Kier alpha value is -1.38. The first-order valence-electron chi connectivity index (χ1n) is 31.1. The first kappa shape index (κ1) is 68.5. The van der Waals surface area contributed by atoms with Crippen LogP contribution in [0.5, 0.6) is 0 Å². The molecule has 28 nitrogen and oxygen atoms in total. The molecule has 0 aromatic rings. The molecule has 34 atom stereocenters. The van der Waals surface area contributed by atoms with Gasteiger partial charge in [0.2, 0.25) is 0 Å². The number of aliphatic hydroxyl groups is 17. The van der Waals surface area contributed by atoms with Crippen molar-refractivity contribution in [2.24, 2.45) is 39.4 Å². The molecule has 87 heavy (non-hydrogen) atoms. The van der Waals surface area contributed by atoms with Crippen LogP contribution in [0.2, 0.25) is 0 Å². The zero-order valence-corrected chi connectivity index (χ0v) is 50.5. The lowest BCUT2D eigenvalue weighted by Gasteiger charge is -2.66. The zero-order chi connectivity index (χ0) is 63.4. The number of ether oxygens (including phenoxy) is 11. The fraction of sp³-hybridized carbons (Fsp3) is 0.966. The van der Waals surface area contributed by atoms with Crippen LogP contribution < -0.4 is 0 Å². The summed E-state index contributed by atoms with van der Waals surface area (Å²) < 4.78 is 67.2. The summed E-state index contributed by atoms with van der Waals surface area (Å²) in [5, 5.41) is 185. The number of hydrogen-bond donors (Lipinski definition) is 17. The van der Waals surface area contributed by atoms with E-state index in [0.717, 1.165) is 19.3 Å². The van der Waals surface area contributed by atoms with E-state index in [2.05, 4.69) is 40.7 Å². The van der Waals surface area contributed by atoms with Gasteiger partial charge in [0.1, 0.15) is 122 Å². The van der Waals surface area contributed by atoms with Crippen molar-refractivity contribution in [3.05, 3.63) is 11.6 Å². The molecule has 9 fully saturated rings. The molecule has 4 aliphatic carbocycles. The predicted molar refractivity (Wildman–Crippen MR) is 292 cm³/mol. The summed E-state index contributed by atoms with van der Waals surface area (Å²) in [5.41, 5.74) is -1.94. The van der Waals surface area contributed by atoms with Crippen molar-refractivity contribution in [1.29, 1.82) is 0 Å². The van der Waals surface area contributed by atoms with Crippen LogP contribution in [0.3, 0.4) is 0 Å². The molecule has 10 rings (SSSR count). The summed E-state index contributed by atoms with van der Waals surface area (Å²) >= 11 is 0. The summed E-state index contributed by atoms with van der Waals surface area (Å²) in [6.07, 6.45) is -34.6. The highest BCUT2D eigenvalue weighted by molar-refractivity contribution is 5.31. The van der Waals surface area contributed by atoms with Crippen molar-refractivity contribution in [2.45, 2.75) is 284 Å². The summed E-state index contributed by atoms with van der Waals surface area (Å²) in [6, 6.07) is 0. The van der Waals surface area contributed by atoms with Gasteiger partial charge in [0.15, 0.2) is 31.5 Å². The summed E-state index contributed by atoms with van der Waals surface area (Å²) in [5.74, 6) is 0.0800. The Kier molecular flexibility index (Phi) is 20.5. The number of hydrogen-bond acceptors (Lipinski definition) is 28. The third-order valence-electron chi connectivity index (χ3n) is 22.7. The maximum atomic E-state index is 12.2. The Bertz CT molecular complexity index is 2330. The van der Waals surface area contributed by atoms with E-state index in [1.165, 1.54) is 19.4 Å². The molecule has 0 radical (unpaired) electrons. The van der Waals surface area contributed by atoms with Gasteiger partial charge in [-0.1, -0.05) is 46.3 Å².